The first-order valence-corrected chi connectivity index (χ1v) is 7.09. The number of piperazine rings is 1. The molecule has 0 bridgehead atoms. The van der Waals surface area contributed by atoms with Crippen LogP contribution in [0.1, 0.15) is 25.3 Å². The molecule has 0 unspecified atom stereocenters. The van der Waals surface area contributed by atoms with Gasteiger partial charge >= 0.3 is 0 Å². The third-order valence-corrected chi connectivity index (χ3v) is 3.83. The van der Waals surface area contributed by atoms with Crippen molar-refractivity contribution in [3.05, 3.63) is 36.0 Å². The molecule has 3 rings (SSSR count). The van der Waals surface area contributed by atoms with Crippen molar-refractivity contribution in [2.24, 2.45) is 0 Å². The Balaban J connectivity index is 1.98. The van der Waals surface area contributed by atoms with Gasteiger partial charge in [-0.3, -0.25) is 4.98 Å². The Morgan fingerprint density at radius 3 is 2.68 bits per heavy atom. The predicted molar refractivity (Wildman–Crippen MR) is 80.9 cm³/mol. The van der Waals surface area contributed by atoms with Gasteiger partial charge in [0.15, 0.2) is 0 Å². The van der Waals surface area contributed by atoms with Crippen molar-refractivity contribution < 1.29 is 0 Å². The lowest BCUT2D eigenvalue weighted by Crippen LogP contribution is -2.43. The van der Waals surface area contributed by atoms with Gasteiger partial charge in [0.1, 0.15) is 0 Å². The van der Waals surface area contributed by atoms with Gasteiger partial charge in [0.2, 0.25) is 0 Å². The number of rotatable bonds is 2. The van der Waals surface area contributed by atoms with Crippen LogP contribution in [0.3, 0.4) is 0 Å². The SMILES string of the molecule is CC(C)c1cnc2ccc(N3CCNCC3)cc2c1. The number of nitrogens with zero attached hydrogens (tertiary/aromatic N) is 2. The second-order valence-corrected chi connectivity index (χ2v) is 5.54. The molecule has 3 nitrogen and oxygen atoms in total. The van der Waals surface area contributed by atoms with E-state index in [2.05, 4.69) is 53.3 Å². The molecule has 2 heterocycles. The minimum Gasteiger partial charge on any atom is -0.369 e. The molecule has 3 heteroatoms. The first-order chi connectivity index (χ1) is 9.24. The zero-order valence-corrected chi connectivity index (χ0v) is 11.7. The third kappa shape index (κ3) is 2.56. The summed E-state index contributed by atoms with van der Waals surface area (Å²) in [6, 6.07) is 8.88. The normalized spacial score (nSPS) is 16.3. The number of nitrogens with one attached hydrogen (secondary N) is 1. The molecule has 0 amide bonds. The van der Waals surface area contributed by atoms with Crippen LogP contribution in [0.15, 0.2) is 30.5 Å². The van der Waals surface area contributed by atoms with E-state index in [1.54, 1.807) is 0 Å². The Labute approximate surface area is 114 Å². The minimum atomic E-state index is 0.528. The molecule has 0 saturated carbocycles. The van der Waals surface area contributed by atoms with Crippen LogP contribution in [0, 0.1) is 0 Å². The molecule has 0 aliphatic carbocycles. The second-order valence-electron chi connectivity index (χ2n) is 5.54. The zero-order chi connectivity index (χ0) is 13.2. The molecule has 0 spiro atoms. The summed E-state index contributed by atoms with van der Waals surface area (Å²) in [5, 5.41) is 4.64. The number of aromatic nitrogens is 1. The smallest absolute Gasteiger partial charge is 0.0703 e. The summed E-state index contributed by atoms with van der Waals surface area (Å²) in [5.74, 6) is 0.528. The molecule has 100 valence electrons. The van der Waals surface area contributed by atoms with Crippen molar-refractivity contribution in [1.29, 1.82) is 0 Å². The van der Waals surface area contributed by atoms with Crippen molar-refractivity contribution in [3.8, 4) is 0 Å². The van der Waals surface area contributed by atoms with E-state index < -0.39 is 0 Å². The number of hydrogen-bond donors (Lipinski definition) is 1. The lowest BCUT2D eigenvalue weighted by Gasteiger charge is -2.29. The van der Waals surface area contributed by atoms with E-state index in [1.165, 1.54) is 16.6 Å². The first-order valence-electron chi connectivity index (χ1n) is 7.09. The molecule has 0 radical (unpaired) electrons. The number of anilines is 1. The van der Waals surface area contributed by atoms with Gasteiger partial charge in [0.05, 0.1) is 5.52 Å². The molecule has 1 aliphatic heterocycles. The van der Waals surface area contributed by atoms with Crippen LogP contribution in [0.4, 0.5) is 5.69 Å². The maximum absolute atomic E-state index is 4.56. The highest BCUT2D eigenvalue weighted by Crippen LogP contribution is 2.24. The molecule has 1 fully saturated rings. The van der Waals surface area contributed by atoms with E-state index in [0.29, 0.717) is 5.92 Å². The van der Waals surface area contributed by atoms with Crippen molar-refractivity contribution in [2.45, 2.75) is 19.8 Å². The van der Waals surface area contributed by atoms with Crippen molar-refractivity contribution in [2.75, 3.05) is 31.1 Å². The van der Waals surface area contributed by atoms with Gasteiger partial charge in [-0.25, -0.2) is 0 Å². The van der Waals surface area contributed by atoms with E-state index in [0.717, 1.165) is 31.7 Å². The van der Waals surface area contributed by atoms with Gasteiger partial charge in [-0.2, -0.15) is 0 Å². The maximum atomic E-state index is 4.56. The number of hydrogen-bond acceptors (Lipinski definition) is 3. The predicted octanol–water partition coefficient (Wildman–Crippen LogP) is 2.77. The van der Waals surface area contributed by atoms with Crippen LogP contribution < -0.4 is 10.2 Å². The largest absolute Gasteiger partial charge is 0.369 e. The Morgan fingerprint density at radius 1 is 1.16 bits per heavy atom. The van der Waals surface area contributed by atoms with E-state index in [1.807, 2.05) is 6.20 Å². The van der Waals surface area contributed by atoms with Crippen molar-refractivity contribution in [3.63, 3.8) is 0 Å². The third-order valence-electron chi connectivity index (χ3n) is 3.83. The van der Waals surface area contributed by atoms with E-state index in [4.69, 9.17) is 0 Å². The molecule has 1 aliphatic rings. The summed E-state index contributed by atoms with van der Waals surface area (Å²) in [4.78, 5) is 7.00. The molecule has 0 atom stereocenters. The average molecular weight is 255 g/mol. The van der Waals surface area contributed by atoms with Gasteiger partial charge in [-0.05, 0) is 35.7 Å². The van der Waals surface area contributed by atoms with Crippen LogP contribution in [0.25, 0.3) is 10.9 Å². The molecule has 2 aromatic rings. The fourth-order valence-electron chi connectivity index (χ4n) is 2.57. The van der Waals surface area contributed by atoms with Gasteiger partial charge in [0.25, 0.3) is 0 Å². The monoisotopic (exact) mass is 255 g/mol. The molecule has 1 aromatic heterocycles. The van der Waals surface area contributed by atoms with Crippen LogP contribution >= 0.6 is 0 Å². The zero-order valence-electron chi connectivity index (χ0n) is 11.7. The van der Waals surface area contributed by atoms with Crippen molar-refractivity contribution >= 4 is 16.6 Å². The molecular weight excluding hydrogens is 234 g/mol. The van der Waals surface area contributed by atoms with Crippen LogP contribution in [0.5, 0.6) is 0 Å². The minimum absolute atomic E-state index is 0.528. The molecule has 1 aromatic carbocycles. The highest BCUT2D eigenvalue weighted by Gasteiger charge is 2.11. The van der Waals surface area contributed by atoms with E-state index in [9.17, 15) is 0 Å². The summed E-state index contributed by atoms with van der Waals surface area (Å²) < 4.78 is 0. The highest BCUT2D eigenvalue weighted by atomic mass is 15.2. The maximum Gasteiger partial charge on any atom is 0.0703 e. The quantitative estimate of drug-likeness (QED) is 0.894. The summed E-state index contributed by atoms with van der Waals surface area (Å²) in [5.41, 5.74) is 3.71. The Bertz CT molecular complexity index is 571. The fourth-order valence-corrected chi connectivity index (χ4v) is 2.57. The Hall–Kier alpha value is -1.61. The Morgan fingerprint density at radius 2 is 1.95 bits per heavy atom. The van der Waals surface area contributed by atoms with E-state index in [-0.39, 0.29) is 0 Å². The van der Waals surface area contributed by atoms with Crippen LogP contribution in [-0.4, -0.2) is 31.2 Å². The van der Waals surface area contributed by atoms with Gasteiger partial charge in [0, 0.05) is 43.4 Å². The average Bonchev–Trinajstić information content (AvgIpc) is 2.47. The molecule has 19 heavy (non-hydrogen) atoms. The molecule has 1 saturated heterocycles. The number of benzene rings is 1. The molecular formula is C16H21N3. The summed E-state index contributed by atoms with van der Waals surface area (Å²) in [6.07, 6.45) is 2.00. The summed E-state index contributed by atoms with van der Waals surface area (Å²) in [7, 11) is 0. The lowest BCUT2D eigenvalue weighted by atomic mass is 10.0. The van der Waals surface area contributed by atoms with Gasteiger partial charge in [-0.15, -0.1) is 0 Å². The van der Waals surface area contributed by atoms with E-state index >= 15 is 0 Å². The number of pyridine rings is 1. The van der Waals surface area contributed by atoms with Crippen LogP contribution in [0.2, 0.25) is 0 Å². The lowest BCUT2D eigenvalue weighted by molar-refractivity contribution is 0.589. The fraction of sp³-hybridized carbons (Fsp3) is 0.438. The first kappa shape index (κ1) is 12.4. The van der Waals surface area contributed by atoms with Crippen LogP contribution in [-0.2, 0) is 0 Å². The number of fused-ring (bicyclic) bond motifs is 1. The summed E-state index contributed by atoms with van der Waals surface area (Å²) in [6.45, 7) is 8.74. The second kappa shape index (κ2) is 5.17. The van der Waals surface area contributed by atoms with Crippen molar-refractivity contribution in [1.82, 2.24) is 10.3 Å². The van der Waals surface area contributed by atoms with Gasteiger partial charge in [-0.1, -0.05) is 13.8 Å². The Kier molecular flexibility index (Phi) is 3.38. The standard InChI is InChI=1S/C16H21N3/c1-12(2)14-9-13-10-15(3-4-16(13)18-11-14)19-7-5-17-6-8-19/h3-4,9-12,17H,5-8H2,1-2H3. The molecule has 1 N–H and O–H groups in total. The summed E-state index contributed by atoms with van der Waals surface area (Å²) >= 11 is 0. The highest BCUT2D eigenvalue weighted by molar-refractivity contribution is 5.83. The van der Waals surface area contributed by atoms with Gasteiger partial charge < -0.3 is 10.2 Å². The topological polar surface area (TPSA) is 28.2 Å².